The van der Waals surface area contributed by atoms with Crippen LogP contribution in [0.5, 0.6) is 5.75 Å². The molecule has 5 N–H and O–H groups in total. The minimum atomic E-state index is -3.59. The number of aryl methyl sites for hydroxylation is 1. The van der Waals surface area contributed by atoms with Crippen LogP contribution in [0.4, 0.5) is 28.8 Å². The molecule has 0 bridgehead atoms. The summed E-state index contributed by atoms with van der Waals surface area (Å²) in [4.78, 5) is 64.0. The lowest BCUT2D eigenvalue weighted by Crippen LogP contribution is -2.57. The number of anilines is 5. The van der Waals surface area contributed by atoms with Crippen LogP contribution in [-0.2, 0) is 19.4 Å². The van der Waals surface area contributed by atoms with Gasteiger partial charge in [0.1, 0.15) is 17.0 Å². The molecular weight excluding hydrogens is 872 g/mol. The number of fused-ring (bicyclic) bond motifs is 1. The molecule has 0 spiro atoms. The lowest BCUT2D eigenvalue weighted by atomic mass is 9.86. The Morgan fingerprint density at radius 2 is 1.68 bits per heavy atom. The highest BCUT2D eigenvalue weighted by Gasteiger charge is 2.45. The average molecular weight is 930 g/mol. The van der Waals surface area contributed by atoms with Crippen molar-refractivity contribution in [3.8, 4) is 5.75 Å². The molecule has 16 nitrogen and oxygen atoms in total. The Hall–Kier alpha value is -5.62. The lowest BCUT2D eigenvalue weighted by Gasteiger charge is -2.33. The zero-order chi connectivity index (χ0) is 46.6. The molecule has 65 heavy (non-hydrogen) atoms. The van der Waals surface area contributed by atoms with Crippen molar-refractivity contribution >= 4 is 73.9 Å². The topological polar surface area (TPSA) is 212 Å². The van der Waals surface area contributed by atoms with Gasteiger partial charge in [0, 0.05) is 12.8 Å². The van der Waals surface area contributed by atoms with Crippen molar-refractivity contribution in [2.45, 2.75) is 120 Å². The number of unbranched alkanes of at least 4 members (excludes halogenated alkanes) is 2. The Morgan fingerprint density at radius 1 is 0.938 bits per heavy atom. The van der Waals surface area contributed by atoms with Gasteiger partial charge in [-0.15, -0.1) is 0 Å². The van der Waals surface area contributed by atoms with Crippen LogP contribution < -0.4 is 26.0 Å². The molecule has 0 saturated carbocycles. The van der Waals surface area contributed by atoms with Gasteiger partial charge in [0.25, 0.3) is 11.8 Å². The Kier molecular flexibility index (Phi) is 14.8. The number of ether oxygens (including phenoxy) is 1. The first-order valence-electron chi connectivity index (χ1n) is 22.2. The van der Waals surface area contributed by atoms with E-state index in [1.165, 1.54) is 17.8 Å². The van der Waals surface area contributed by atoms with Crippen LogP contribution in [0.15, 0.2) is 65.7 Å². The third kappa shape index (κ3) is 10.8. The molecule has 2 atom stereocenters. The number of aliphatic hydroxyl groups excluding tert-OH is 1. The van der Waals surface area contributed by atoms with E-state index in [9.17, 15) is 32.7 Å². The molecule has 2 fully saturated rings. The summed E-state index contributed by atoms with van der Waals surface area (Å²) < 4.78 is 32.5. The number of carbonyl (C=O) groups excluding carboxylic acids is 4. The average Bonchev–Trinajstić information content (AvgIpc) is 3.52. The monoisotopic (exact) mass is 928 g/mol. The van der Waals surface area contributed by atoms with Gasteiger partial charge in [-0.3, -0.25) is 24.1 Å². The van der Waals surface area contributed by atoms with Crippen molar-refractivity contribution in [3.05, 3.63) is 88.1 Å². The molecule has 4 amide bonds. The van der Waals surface area contributed by atoms with Gasteiger partial charge < -0.3 is 36.0 Å². The van der Waals surface area contributed by atoms with Gasteiger partial charge in [-0.2, -0.15) is 4.98 Å². The molecule has 18 heteroatoms. The van der Waals surface area contributed by atoms with Crippen molar-refractivity contribution < 1.29 is 37.4 Å². The Labute approximate surface area is 384 Å². The molecule has 4 aromatic rings. The number of nitrogens with zero attached hydrogens (tertiary/aromatic N) is 4. The quantitative estimate of drug-likeness (QED) is 0.0515. The predicted octanol–water partition coefficient (Wildman–Crippen LogP) is 7.47. The van der Waals surface area contributed by atoms with Crippen LogP contribution in [0.2, 0.25) is 5.02 Å². The number of carbonyl (C=O) groups is 4. The maximum Gasteiger partial charge on any atom is 0.264 e. The molecule has 346 valence electrons. The first kappa shape index (κ1) is 47.3. The summed E-state index contributed by atoms with van der Waals surface area (Å²) in [5.41, 5.74) is 3.90. The summed E-state index contributed by atoms with van der Waals surface area (Å²) >= 11 is 6.51. The van der Waals surface area contributed by atoms with Crippen molar-refractivity contribution in [3.63, 3.8) is 0 Å². The van der Waals surface area contributed by atoms with Crippen molar-refractivity contribution in [1.82, 2.24) is 25.1 Å². The number of amides is 4. The third-order valence-electron chi connectivity index (χ3n) is 12.1. The van der Waals surface area contributed by atoms with E-state index >= 15 is 0 Å². The van der Waals surface area contributed by atoms with Gasteiger partial charge in [0.2, 0.25) is 17.8 Å². The summed E-state index contributed by atoms with van der Waals surface area (Å²) in [5.74, 6) is -0.243. The van der Waals surface area contributed by atoms with Crippen LogP contribution in [0.3, 0.4) is 0 Å². The molecule has 1 aromatic heterocycles. The molecule has 0 aliphatic carbocycles. The number of aliphatic hydroxyl groups is 1. The van der Waals surface area contributed by atoms with E-state index < -0.39 is 39.2 Å². The van der Waals surface area contributed by atoms with E-state index in [1.54, 1.807) is 50.2 Å². The van der Waals surface area contributed by atoms with Crippen LogP contribution in [0, 0.1) is 6.92 Å². The third-order valence-corrected chi connectivity index (χ3v) is 14.6. The number of sulfone groups is 1. The fraction of sp³-hybridized carbons (Fsp3) is 0.447. The number of halogens is 1. The van der Waals surface area contributed by atoms with E-state index in [1.807, 2.05) is 19.9 Å². The van der Waals surface area contributed by atoms with Crippen molar-refractivity contribution in [2.75, 3.05) is 35.6 Å². The zero-order valence-electron chi connectivity index (χ0n) is 37.3. The fourth-order valence-corrected chi connectivity index (χ4v) is 9.99. The fourth-order valence-electron chi connectivity index (χ4n) is 8.65. The molecule has 0 radical (unpaired) electrons. The molecule has 3 aromatic carbocycles. The number of hydrogen-bond acceptors (Lipinski definition) is 13. The number of aromatic nitrogens is 2. The Balaban J connectivity index is 0.903. The lowest BCUT2D eigenvalue weighted by molar-refractivity contribution is -0.129. The van der Waals surface area contributed by atoms with Crippen LogP contribution in [0.25, 0.3) is 0 Å². The standard InChI is InChI=1S/C47H57ClN8O8S/c1-27(2)64-38-25-32(29(5)24-36(38)52-47-49-26-33(48)43(54-47)51-34-13-8-9-15-39(34)65(62,63)28(3)4)30-19-22-55(23-20-30)21-10-6-7-16-40(57)50-35-14-11-12-31-42(35)46(61)56(45(31)60)37-17-18-41(58)53-44(37)59/h8-9,11-15,24-28,30,37,44,59H,6-7,10,16-23H2,1-5H3,(H,50,57)(H,53,58)(H2,49,51,52,54). The van der Waals surface area contributed by atoms with E-state index in [2.05, 4.69) is 49.1 Å². The van der Waals surface area contributed by atoms with E-state index in [4.69, 9.17) is 16.3 Å². The van der Waals surface area contributed by atoms with Crippen LogP contribution >= 0.6 is 11.6 Å². The predicted molar refractivity (Wildman–Crippen MR) is 249 cm³/mol. The highest BCUT2D eigenvalue weighted by molar-refractivity contribution is 7.92. The second-order valence-electron chi connectivity index (χ2n) is 17.4. The Morgan fingerprint density at radius 3 is 2.40 bits per heavy atom. The van der Waals surface area contributed by atoms with Crippen LogP contribution in [-0.4, -0.2) is 100 Å². The first-order chi connectivity index (χ1) is 31.0. The number of hydrogen-bond donors (Lipinski definition) is 5. The van der Waals surface area contributed by atoms with Gasteiger partial charge in [0.05, 0.1) is 56.7 Å². The van der Waals surface area contributed by atoms with Crippen molar-refractivity contribution in [2.24, 2.45) is 0 Å². The SMILES string of the molecule is Cc1cc(Nc2ncc(Cl)c(Nc3ccccc3S(=O)(=O)C(C)C)n2)c(OC(C)C)cc1C1CCN(CCCCCC(=O)Nc2cccc3c2C(=O)N(C2CCC(=O)NC2O)C3=O)CC1. The number of nitrogens with one attached hydrogen (secondary N) is 4. The summed E-state index contributed by atoms with van der Waals surface area (Å²) in [6.45, 7) is 12.1. The second kappa shape index (κ2) is 20.3. The van der Waals surface area contributed by atoms with Gasteiger partial charge >= 0.3 is 0 Å². The van der Waals surface area contributed by atoms with Crippen LogP contribution in [0.1, 0.15) is 117 Å². The van der Waals surface area contributed by atoms with E-state index in [0.29, 0.717) is 29.5 Å². The second-order valence-corrected chi connectivity index (χ2v) is 20.3. The largest absolute Gasteiger partial charge is 0.489 e. The summed E-state index contributed by atoms with van der Waals surface area (Å²) in [5, 5.41) is 21.6. The number of piperidine rings is 2. The van der Waals surface area contributed by atoms with E-state index in [0.717, 1.165) is 55.8 Å². The minimum Gasteiger partial charge on any atom is -0.489 e. The molecule has 3 aliphatic rings. The summed E-state index contributed by atoms with van der Waals surface area (Å²) in [6.07, 6.45) is 4.91. The normalized spacial score (nSPS) is 18.2. The molecule has 2 saturated heterocycles. The number of imide groups is 1. The minimum absolute atomic E-state index is 0.0842. The summed E-state index contributed by atoms with van der Waals surface area (Å²) in [6, 6.07) is 14.7. The molecule has 3 aliphatic heterocycles. The van der Waals surface area contributed by atoms with Gasteiger partial charge in [0.15, 0.2) is 15.7 Å². The number of para-hydroxylation sites is 1. The number of likely N-dealkylation sites (tertiary alicyclic amines) is 1. The van der Waals surface area contributed by atoms with Gasteiger partial charge in [-0.1, -0.05) is 36.2 Å². The molecular formula is C47H57ClN8O8S. The van der Waals surface area contributed by atoms with Crippen molar-refractivity contribution in [1.29, 1.82) is 0 Å². The molecule has 4 heterocycles. The first-order valence-corrected chi connectivity index (χ1v) is 24.2. The number of rotatable bonds is 17. The maximum absolute atomic E-state index is 13.4. The van der Waals surface area contributed by atoms with Gasteiger partial charge in [-0.05, 0) is 140 Å². The maximum atomic E-state index is 13.4. The molecule has 2 unspecified atom stereocenters. The zero-order valence-corrected chi connectivity index (χ0v) is 38.9. The summed E-state index contributed by atoms with van der Waals surface area (Å²) in [7, 11) is -3.59. The highest BCUT2D eigenvalue weighted by atomic mass is 35.5. The smallest absolute Gasteiger partial charge is 0.264 e. The van der Waals surface area contributed by atoms with E-state index in [-0.39, 0.29) is 75.7 Å². The van der Waals surface area contributed by atoms with Gasteiger partial charge in [-0.25, -0.2) is 13.4 Å². The molecule has 7 rings (SSSR count). The number of benzene rings is 3. The highest BCUT2D eigenvalue weighted by Crippen LogP contribution is 2.39. The Bertz CT molecular complexity index is 2560.